The highest BCUT2D eigenvalue weighted by atomic mass is 16.1. The zero-order valence-electron chi connectivity index (χ0n) is 21.7. The summed E-state index contributed by atoms with van der Waals surface area (Å²) < 4.78 is 2.12. The fourth-order valence-electron chi connectivity index (χ4n) is 5.36. The molecule has 0 fully saturated rings. The van der Waals surface area contributed by atoms with Crippen molar-refractivity contribution in [3.63, 3.8) is 0 Å². The minimum absolute atomic E-state index is 0.0206. The Labute approximate surface area is 227 Å². The van der Waals surface area contributed by atoms with Crippen molar-refractivity contribution in [3.8, 4) is 5.69 Å². The summed E-state index contributed by atoms with van der Waals surface area (Å²) in [5, 5.41) is 2.02. The lowest BCUT2D eigenvalue weighted by molar-refractivity contribution is -0.114. The van der Waals surface area contributed by atoms with E-state index in [0.29, 0.717) is 16.2 Å². The highest BCUT2D eigenvalue weighted by Crippen LogP contribution is 2.32. The molecule has 0 atom stereocenters. The number of anilines is 1. The number of fused-ring (bicyclic) bond motifs is 2. The van der Waals surface area contributed by atoms with Gasteiger partial charge in [0.1, 0.15) is 0 Å². The van der Waals surface area contributed by atoms with Crippen LogP contribution in [0.3, 0.4) is 0 Å². The maximum absolute atomic E-state index is 13.7. The van der Waals surface area contributed by atoms with Gasteiger partial charge in [-0.2, -0.15) is 0 Å². The van der Waals surface area contributed by atoms with Gasteiger partial charge in [-0.05, 0) is 67.5 Å². The molecule has 1 aliphatic carbocycles. The van der Waals surface area contributed by atoms with E-state index >= 15 is 0 Å². The number of allylic oxidation sites excluding steroid dienone is 6. The van der Waals surface area contributed by atoms with Crippen molar-refractivity contribution in [2.24, 2.45) is 0 Å². The molecule has 0 amide bonds. The van der Waals surface area contributed by atoms with Crippen molar-refractivity contribution in [3.05, 3.63) is 153 Å². The molecule has 1 aliphatic heterocycles. The molecule has 3 aromatic carbocycles. The number of carbonyl (C=O) groups is 1. The molecule has 0 bridgehead atoms. The second-order valence-electron chi connectivity index (χ2n) is 9.59. The largest absolute Gasteiger partial charge is 0.316 e. The summed E-state index contributed by atoms with van der Waals surface area (Å²) in [6.45, 7) is 1.89. The Morgan fingerprint density at radius 3 is 2.26 bits per heavy atom. The molecule has 2 heterocycles. The maximum atomic E-state index is 13.7. The van der Waals surface area contributed by atoms with E-state index in [1.165, 1.54) is 0 Å². The fraction of sp³-hybridized carbons (Fsp3) is 0.0857. The SMILES string of the molecule is C/C=c1/c(=O)c2ccccc2n(-c2ccccc2)/c1=C/C1=CN(c2ccccc2)C2=CCC=CC=C2C(=O)C1. The molecule has 1 aromatic heterocycles. The third-order valence-corrected chi connectivity index (χ3v) is 7.15. The number of para-hydroxylation sites is 3. The second kappa shape index (κ2) is 10.4. The molecule has 0 saturated carbocycles. The number of pyridine rings is 1. The van der Waals surface area contributed by atoms with Crippen molar-refractivity contribution in [2.45, 2.75) is 19.8 Å². The number of hydrogen-bond acceptors (Lipinski definition) is 3. The summed E-state index contributed by atoms with van der Waals surface area (Å²) in [5.74, 6) is 0.0464. The van der Waals surface area contributed by atoms with Crippen molar-refractivity contribution >= 4 is 34.5 Å². The lowest BCUT2D eigenvalue weighted by atomic mass is 10.0. The molecule has 0 spiro atoms. The van der Waals surface area contributed by atoms with E-state index in [1.54, 1.807) is 0 Å². The average molecular weight is 509 g/mol. The van der Waals surface area contributed by atoms with Crippen LogP contribution in [0.5, 0.6) is 0 Å². The molecule has 0 unspecified atom stereocenters. The molecule has 0 N–H and O–H groups in total. The van der Waals surface area contributed by atoms with Crippen LogP contribution in [0.25, 0.3) is 28.7 Å². The molecular weight excluding hydrogens is 480 g/mol. The van der Waals surface area contributed by atoms with Gasteiger partial charge >= 0.3 is 0 Å². The van der Waals surface area contributed by atoms with Crippen molar-refractivity contribution < 1.29 is 4.79 Å². The second-order valence-corrected chi connectivity index (χ2v) is 9.59. The zero-order valence-corrected chi connectivity index (χ0v) is 21.7. The molecule has 2 aliphatic rings. The first-order chi connectivity index (χ1) is 19.2. The Hall–Kier alpha value is -4.96. The first kappa shape index (κ1) is 24.4. The third-order valence-electron chi connectivity index (χ3n) is 7.15. The van der Waals surface area contributed by atoms with Gasteiger partial charge in [0, 0.05) is 40.2 Å². The van der Waals surface area contributed by atoms with Gasteiger partial charge in [0.2, 0.25) is 0 Å². The summed E-state index contributed by atoms with van der Waals surface area (Å²) in [6.07, 6.45) is 14.9. The molecule has 4 aromatic rings. The fourth-order valence-corrected chi connectivity index (χ4v) is 5.36. The molecule has 190 valence electrons. The molecule has 39 heavy (non-hydrogen) atoms. The zero-order chi connectivity index (χ0) is 26.8. The van der Waals surface area contributed by atoms with Gasteiger partial charge in [-0.15, -0.1) is 0 Å². The van der Waals surface area contributed by atoms with Crippen LogP contribution in [-0.2, 0) is 4.79 Å². The summed E-state index contributed by atoms with van der Waals surface area (Å²) >= 11 is 0. The van der Waals surface area contributed by atoms with Gasteiger partial charge in [0.05, 0.1) is 16.6 Å². The number of hydrogen-bond donors (Lipinski definition) is 0. The quantitative estimate of drug-likeness (QED) is 0.356. The number of benzene rings is 3. The summed E-state index contributed by atoms with van der Waals surface area (Å²) in [5.41, 5.74) is 5.11. The lowest BCUT2D eigenvalue weighted by Crippen LogP contribution is -2.45. The van der Waals surface area contributed by atoms with E-state index < -0.39 is 0 Å². The van der Waals surface area contributed by atoms with E-state index in [4.69, 9.17) is 0 Å². The predicted molar refractivity (Wildman–Crippen MR) is 160 cm³/mol. The molecule has 0 saturated heterocycles. The first-order valence-corrected chi connectivity index (χ1v) is 13.2. The molecule has 4 heteroatoms. The minimum atomic E-state index is -0.0206. The van der Waals surface area contributed by atoms with Crippen LogP contribution < -0.4 is 20.9 Å². The van der Waals surface area contributed by atoms with E-state index in [2.05, 4.69) is 21.6 Å². The van der Waals surface area contributed by atoms with Gasteiger partial charge in [-0.25, -0.2) is 0 Å². The predicted octanol–water partition coefficient (Wildman–Crippen LogP) is 5.71. The van der Waals surface area contributed by atoms with Crippen LogP contribution in [-0.4, -0.2) is 10.4 Å². The van der Waals surface area contributed by atoms with Crippen LogP contribution in [0.1, 0.15) is 19.8 Å². The van der Waals surface area contributed by atoms with Crippen molar-refractivity contribution in [1.82, 2.24) is 4.57 Å². The van der Waals surface area contributed by atoms with E-state index in [9.17, 15) is 9.59 Å². The van der Waals surface area contributed by atoms with Crippen molar-refractivity contribution in [1.29, 1.82) is 0 Å². The van der Waals surface area contributed by atoms with E-state index in [-0.39, 0.29) is 17.6 Å². The smallest absolute Gasteiger partial charge is 0.196 e. The van der Waals surface area contributed by atoms with Gasteiger partial charge in [0.25, 0.3) is 0 Å². The molecule has 4 nitrogen and oxygen atoms in total. The Kier molecular flexibility index (Phi) is 6.52. The lowest BCUT2D eigenvalue weighted by Gasteiger charge is -2.23. The Balaban J connectivity index is 1.69. The van der Waals surface area contributed by atoms with Gasteiger partial charge in [0.15, 0.2) is 11.2 Å². The van der Waals surface area contributed by atoms with Gasteiger partial charge in [-0.1, -0.05) is 72.8 Å². The standard InChI is InChI=1S/C35H28N2O2/c1-2-28-33(37(27-16-8-4-9-17-27)32-21-13-12-19-30(32)35(28)39)22-25-23-34(38)29-18-10-5-11-20-31(29)36(24-25)26-14-6-3-7-15-26/h2-10,12-22,24H,11,23H2,1H3/b28-2+,33-22+. The molecule has 6 rings (SSSR count). The van der Waals surface area contributed by atoms with Crippen LogP contribution in [0.15, 0.2) is 137 Å². The number of ketones is 1. The van der Waals surface area contributed by atoms with E-state index in [0.717, 1.165) is 39.9 Å². The number of Topliss-reactive ketones (excluding diaryl/α,β-unsaturated/α-hetero) is 1. The number of nitrogens with zero attached hydrogens (tertiary/aromatic N) is 2. The summed E-state index contributed by atoms with van der Waals surface area (Å²) in [7, 11) is 0. The first-order valence-electron chi connectivity index (χ1n) is 13.2. The Morgan fingerprint density at radius 1 is 0.821 bits per heavy atom. The molecule has 0 radical (unpaired) electrons. The number of rotatable bonds is 3. The average Bonchev–Trinajstić information content (AvgIpc) is 3.29. The Morgan fingerprint density at radius 2 is 1.51 bits per heavy atom. The number of aromatic nitrogens is 1. The molecular formula is C35H28N2O2. The maximum Gasteiger partial charge on any atom is 0.196 e. The van der Waals surface area contributed by atoms with Crippen LogP contribution >= 0.6 is 0 Å². The third kappa shape index (κ3) is 4.51. The number of carbonyl (C=O) groups excluding carboxylic acids is 1. The van der Waals surface area contributed by atoms with E-state index in [1.807, 2.05) is 122 Å². The van der Waals surface area contributed by atoms with Crippen LogP contribution in [0, 0.1) is 0 Å². The van der Waals surface area contributed by atoms with Crippen molar-refractivity contribution in [2.75, 3.05) is 4.90 Å². The highest BCUT2D eigenvalue weighted by molar-refractivity contribution is 6.04. The topological polar surface area (TPSA) is 42.3 Å². The van der Waals surface area contributed by atoms with Crippen LogP contribution in [0.4, 0.5) is 5.69 Å². The highest BCUT2D eigenvalue weighted by Gasteiger charge is 2.25. The van der Waals surface area contributed by atoms with Gasteiger partial charge in [-0.3, -0.25) is 9.59 Å². The van der Waals surface area contributed by atoms with Gasteiger partial charge < -0.3 is 9.47 Å². The monoisotopic (exact) mass is 508 g/mol. The normalized spacial score (nSPS) is 16.4. The minimum Gasteiger partial charge on any atom is -0.316 e. The summed E-state index contributed by atoms with van der Waals surface area (Å²) in [4.78, 5) is 29.4. The Bertz CT molecular complexity index is 1890. The summed E-state index contributed by atoms with van der Waals surface area (Å²) in [6, 6.07) is 27.8. The van der Waals surface area contributed by atoms with Crippen LogP contribution in [0.2, 0.25) is 0 Å².